The second-order valence-corrected chi connectivity index (χ2v) is 3.51. The van der Waals surface area contributed by atoms with E-state index in [1.54, 1.807) is 20.3 Å². The van der Waals surface area contributed by atoms with Crippen molar-refractivity contribution in [2.24, 2.45) is 0 Å². The molecular weight excluding hydrogens is 184 g/mol. The van der Waals surface area contributed by atoms with E-state index < -0.39 is 5.60 Å². The standard InChI is InChI=1S/C10H16O4/c1-10(9(11)13-3)6-8(7-12-2)4-5-14-10/h7H,4-6H2,1-3H3/b8-7+/t10-/m0/s1. The number of hydrogen-bond donors (Lipinski definition) is 0. The first-order chi connectivity index (χ1) is 6.62. The van der Waals surface area contributed by atoms with Gasteiger partial charge in [0.1, 0.15) is 0 Å². The summed E-state index contributed by atoms with van der Waals surface area (Å²) in [5.74, 6) is -0.334. The molecule has 0 spiro atoms. The SMILES string of the molecule is CO/C=C1\CCO[C@](C)(C(=O)OC)C1. The molecule has 1 saturated heterocycles. The van der Waals surface area contributed by atoms with E-state index in [0.29, 0.717) is 13.0 Å². The summed E-state index contributed by atoms with van der Waals surface area (Å²) in [6.07, 6.45) is 3.01. The third kappa shape index (κ3) is 2.26. The number of rotatable bonds is 2. The van der Waals surface area contributed by atoms with Gasteiger partial charge in [-0.25, -0.2) is 4.79 Å². The van der Waals surface area contributed by atoms with E-state index in [2.05, 4.69) is 4.74 Å². The second kappa shape index (κ2) is 4.46. The maximum atomic E-state index is 11.4. The van der Waals surface area contributed by atoms with Gasteiger partial charge in [0, 0.05) is 6.42 Å². The van der Waals surface area contributed by atoms with Crippen LogP contribution in [0.1, 0.15) is 19.8 Å². The fourth-order valence-corrected chi connectivity index (χ4v) is 1.59. The minimum Gasteiger partial charge on any atom is -0.504 e. The maximum absolute atomic E-state index is 11.4. The molecule has 0 aliphatic carbocycles. The molecule has 0 amide bonds. The quantitative estimate of drug-likeness (QED) is 0.497. The molecule has 4 heteroatoms. The number of hydrogen-bond acceptors (Lipinski definition) is 4. The van der Waals surface area contributed by atoms with Gasteiger partial charge in [-0.15, -0.1) is 0 Å². The van der Waals surface area contributed by atoms with Gasteiger partial charge >= 0.3 is 5.97 Å². The highest BCUT2D eigenvalue weighted by molar-refractivity contribution is 5.79. The van der Waals surface area contributed by atoms with Crippen LogP contribution >= 0.6 is 0 Å². The van der Waals surface area contributed by atoms with Crippen molar-refractivity contribution < 1.29 is 19.0 Å². The first-order valence-electron chi connectivity index (χ1n) is 4.55. The van der Waals surface area contributed by atoms with Crippen LogP contribution in [0.15, 0.2) is 11.8 Å². The van der Waals surface area contributed by atoms with Crippen molar-refractivity contribution in [2.45, 2.75) is 25.4 Å². The molecule has 0 unspecified atom stereocenters. The van der Waals surface area contributed by atoms with Gasteiger partial charge in [-0.2, -0.15) is 0 Å². The number of esters is 1. The summed E-state index contributed by atoms with van der Waals surface area (Å²) in [5.41, 5.74) is 0.226. The van der Waals surface area contributed by atoms with Crippen LogP contribution in [0.3, 0.4) is 0 Å². The second-order valence-electron chi connectivity index (χ2n) is 3.51. The van der Waals surface area contributed by atoms with Crippen molar-refractivity contribution in [3.8, 4) is 0 Å². The Bertz CT molecular complexity index is 247. The van der Waals surface area contributed by atoms with Gasteiger partial charge in [-0.1, -0.05) is 0 Å². The van der Waals surface area contributed by atoms with Crippen molar-refractivity contribution in [3.63, 3.8) is 0 Å². The molecule has 80 valence electrons. The normalized spacial score (nSPS) is 30.1. The topological polar surface area (TPSA) is 44.8 Å². The first-order valence-corrected chi connectivity index (χ1v) is 4.55. The zero-order valence-corrected chi connectivity index (χ0v) is 8.83. The van der Waals surface area contributed by atoms with E-state index in [-0.39, 0.29) is 5.97 Å². The highest BCUT2D eigenvalue weighted by Crippen LogP contribution is 2.29. The van der Waals surface area contributed by atoms with Crippen LogP contribution in [-0.4, -0.2) is 32.4 Å². The molecule has 1 fully saturated rings. The predicted octanol–water partition coefficient (Wildman–Crippen LogP) is 1.26. The Balaban J connectivity index is 2.71. The van der Waals surface area contributed by atoms with Crippen molar-refractivity contribution in [2.75, 3.05) is 20.8 Å². The molecule has 0 bridgehead atoms. The molecule has 0 aromatic carbocycles. The smallest absolute Gasteiger partial charge is 0.338 e. The van der Waals surface area contributed by atoms with Crippen LogP contribution in [-0.2, 0) is 19.0 Å². The van der Waals surface area contributed by atoms with E-state index in [0.717, 1.165) is 12.0 Å². The lowest BCUT2D eigenvalue weighted by Crippen LogP contribution is -2.42. The Kier molecular flexibility index (Phi) is 3.52. The number of methoxy groups -OCH3 is 2. The minimum absolute atomic E-state index is 0.334. The fraction of sp³-hybridized carbons (Fsp3) is 0.700. The van der Waals surface area contributed by atoms with E-state index in [1.807, 2.05) is 0 Å². The van der Waals surface area contributed by atoms with Crippen LogP contribution in [0.4, 0.5) is 0 Å². The first kappa shape index (κ1) is 11.0. The molecule has 0 radical (unpaired) electrons. The van der Waals surface area contributed by atoms with Crippen molar-refractivity contribution >= 4 is 5.97 Å². The van der Waals surface area contributed by atoms with Crippen LogP contribution in [0.5, 0.6) is 0 Å². The van der Waals surface area contributed by atoms with Gasteiger partial charge in [0.25, 0.3) is 0 Å². The summed E-state index contributed by atoms with van der Waals surface area (Å²) in [5, 5.41) is 0. The Morgan fingerprint density at radius 2 is 2.29 bits per heavy atom. The number of carbonyl (C=O) groups is 1. The van der Waals surface area contributed by atoms with Gasteiger partial charge in [0.05, 0.1) is 27.1 Å². The lowest BCUT2D eigenvalue weighted by atomic mass is 9.92. The molecule has 1 aliphatic rings. The third-order valence-corrected chi connectivity index (χ3v) is 2.31. The van der Waals surface area contributed by atoms with Crippen LogP contribution in [0.2, 0.25) is 0 Å². The average molecular weight is 200 g/mol. The van der Waals surface area contributed by atoms with Gasteiger partial charge in [0.15, 0.2) is 5.60 Å². The summed E-state index contributed by atoms with van der Waals surface area (Å²) in [6, 6.07) is 0. The molecule has 0 N–H and O–H groups in total. The van der Waals surface area contributed by atoms with Crippen molar-refractivity contribution in [3.05, 3.63) is 11.8 Å². The Morgan fingerprint density at radius 3 is 2.86 bits per heavy atom. The molecule has 1 aliphatic heterocycles. The minimum atomic E-state index is -0.850. The summed E-state index contributed by atoms with van der Waals surface area (Å²) in [7, 11) is 2.96. The van der Waals surface area contributed by atoms with Gasteiger partial charge in [0.2, 0.25) is 0 Å². The molecule has 0 saturated carbocycles. The lowest BCUT2D eigenvalue weighted by Gasteiger charge is -2.32. The zero-order valence-electron chi connectivity index (χ0n) is 8.83. The van der Waals surface area contributed by atoms with E-state index in [9.17, 15) is 4.79 Å². The average Bonchev–Trinajstić information content (AvgIpc) is 2.17. The molecule has 4 nitrogen and oxygen atoms in total. The van der Waals surface area contributed by atoms with Crippen LogP contribution < -0.4 is 0 Å². The summed E-state index contributed by atoms with van der Waals surface area (Å²) in [4.78, 5) is 11.4. The zero-order chi connectivity index (χ0) is 10.6. The largest absolute Gasteiger partial charge is 0.504 e. The highest BCUT2D eigenvalue weighted by Gasteiger charge is 2.39. The van der Waals surface area contributed by atoms with Crippen molar-refractivity contribution in [1.29, 1.82) is 0 Å². The summed E-state index contributed by atoms with van der Waals surface area (Å²) >= 11 is 0. The Morgan fingerprint density at radius 1 is 1.57 bits per heavy atom. The van der Waals surface area contributed by atoms with Gasteiger partial charge in [-0.05, 0) is 18.9 Å². The van der Waals surface area contributed by atoms with Crippen molar-refractivity contribution in [1.82, 2.24) is 0 Å². The molecule has 0 aromatic rings. The van der Waals surface area contributed by atoms with Gasteiger partial charge < -0.3 is 14.2 Å². The lowest BCUT2D eigenvalue weighted by molar-refractivity contribution is -0.169. The number of carbonyl (C=O) groups excluding carboxylic acids is 1. The molecule has 0 aromatic heterocycles. The van der Waals surface area contributed by atoms with Gasteiger partial charge in [-0.3, -0.25) is 0 Å². The molecule has 14 heavy (non-hydrogen) atoms. The number of ether oxygens (including phenoxy) is 3. The fourth-order valence-electron chi connectivity index (χ4n) is 1.59. The van der Waals surface area contributed by atoms with E-state index in [4.69, 9.17) is 9.47 Å². The highest BCUT2D eigenvalue weighted by atomic mass is 16.6. The Labute approximate surface area is 83.8 Å². The molecule has 1 atom stereocenters. The molecule has 1 rings (SSSR count). The molecule has 1 heterocycles. The monoisotopic (exact) mass is 200 g/mol. The third-order valence-electron chi connectivity index (χ3n) is 2.31. The van der Waals surface area contributed by atoms with E-state index >= 15 is 0 Å². The predicted molar refractivity (Wildman–Crippen MR) is 50.7 cm³/mol. The molecular formula is C10H16O4. The summed E-state index contributed by atoms with van der Waals surface area (Å²) in [6.45, 7) is 2.27. The van der Waals surface area contributed by atoms with Crippen LogP contribution in [0.25, 0.3) is 0 Å². The maximum Gasteiger partial charge on any atom is 0.338 e. The summed E-state index contributed by atoms with van der Waals surface area (Å²) < 4.78 is 15.0. The Hall–Kier alpha value is -1.03. The van der Waals surface area contributed by atoms with Crippen LogP contribution in [0, 0.1) is 0 Å². The van der Waals surface area contributed by atoms with E-state index in [1.165, 1.54) is 7.11 Å².